The summed E-state index contributed by atoms with van der Waals surface area (Å²) in [5, 5.41) is 17.3. The number of aromatic nitrogens is 2. The molecule has 0 unspecified atom stereocenters. The van der Waals surface area contributed by atoms with Gasteiger partial charge in [0, 0.05) is 4.47 Å². The van der Waals surface area contributed by atoms with Gasteiger partial charge in [-0.25, -0.2) is 0 Å². The fourth-order valence-corrected chi connectivity index (χ4v) is 2.10. The summed E-state index contributed by atoms with van der Waals surface area (Å²) in [6.45, 7) is 0. The molecule has 3 nitrogen and oxygen atoms in total. The number of halogens is 2. The topological polar surface area (TPSA) is 49.6 Å². The quantitative estimate of drug-likeness (QED) is 0.852. The molecule has 2 aromatic rings. The average Bonchev–Trinajstić information content (AvgIpc) is 2.35. The Morgan fingerprint density at radius 3 is 2.53 bits per heavy atom. The minimum atomic E-state index is -0.449. The Labute approximate surface area is 112 Å². The lowest BCUT2D eigenvalue weighted by atomic mass is 9.97. The van der Waals surface area contributed by atoms with E-state index in [4.69, 9.17) is 11.6 Å². The highest BCUT2D eigenvalue weighted by Gasteiger charge is 2.17. The molecule has 0 saturated heterocycles. The zero-order chi connectivity index (χ0) is 12.3. The van der Waals surface area contributed by atoms with Gasteiger partial charge in [0.1, 0.15) is 5.92 Å². The molecule has 84 valence electrons. The summed E-state index contributed by atoms with van der Waals surface area (Å²) in [7, 11) is 0. The van der Waals surface area contributed by atoms with Crippen LogP contribution in [-0.2, 0) is 0 Å². The van der Waals surface area contributed by atoms with Gasteiger partial charge in [0.05, 0.1) is 11.8 Å². The first-order chi connectivity index (χ1) is 8.22. The average molecular weight is 309 g/mol. The van der Waals surface area contributed by atoms with Crippen LogP contribution in [0.25, 0.3) is 0 Å². The van der Waals surface area contributed by atoms with Crippen LogP contribution in [0.2, 0.25) is 5.15 Å². The standard InChI is InChI=1S/C12H7BrClN3/c13-10-4-2-1-3-8(10)9(7-15)11-5-6-12(14)17-16-11/h1-6,9H/t9-/m0/s1. The molecule has 0 fully saturated rings. The van der Waals surface area contributed by atoms with Crippen LogP contribution >= 0.6 is 27.5 Å². The third-order valence-corrected chi connectivity index (χ3v) is 3.22. The van der Waals surface area contributed by atoms with E-state index in [0.29, 0.717) is 10.8 Å². The first kappa shape index (κ1) is 12.0. The zero-order valence-electron chi connectivity index (χ0n) is 8.64. The molecule has 1 aromatic heterocycles. The lowest BCUT2D eigenvalue weighted by molar-refractivity contribution is 0.882. The molecular formula is C12H7BrClN3. The highest BCUT2D eigenvalue weighted by Crippen LogP contribution is 2.28. The lowest BCUT2D eigenvalue weighted by Crippen LogP contribution is -2.03. The van der Waals surface area contributed by atoms with Crippen LogP contribution in [0.3, 0.4) is 0 Å². The summed E-state index contributed by atoms with van der Waals surface area (Å²) in [5.41, 5.74) is 1.45. The van der Waals surface area contributed by atoms with Gasteiger partial charge in [-0.05, 0) is 23.8 Å². The van der Waals surface area contributed by atoms with Crippen LogP contribution in [0.1, 0.15) is 17.2 Å². The Hall–Kier alpha value is -1.44. The molecule has 5 heteroatoms. The fraction of sp³-hybridized carbons (Fsp3) is 0.0833. The Morgan fingerprint density at radius 2 is 1.94 bits per heavy atom. The Bertz CT molecular complexity index is 563. The van der Waals surface area contributed by atoms with E-state index < -0.39 is 5.92 Å². The molecular weight excluding hydrogens is 302 g/mol. The monoisotopic (exact) mass is 307 g/mol. The van der Waals surface area contributed by atoms with Crippen molar-refractivity contribution >= 4 is 27.5 Å². The van der Waals surface area contributed by atoms with Crippen LogP contribution in [0.5, 0.6) is 0 Å². The van der Waals surface area contributed by atoms with E-state index in [1.165, 1.54) is 0 Å². The second-order valence-electron chi connectivity index (χ2n) is 3.36. The Kier molecular flexibility index (Phi) is 3.72. The number of rotatable bonds is 2. The van der Waals surface area contributed by atoms with E-state index in [1.807, 2.05) is 24.3 Å². The van der Waals surface area contributed by atoms with E-state index in [1.54, 1.807) is 12.1 Å². The molecule has 17 heavy (non-hydrogen) atoms. The maximum absolute atomic E-state index is 9.26. The highest BCUT2D eigenvalue weighted by atomic mass is 79.9. The normalized spacial score (nSPS) is 11.8. The SMILES string of the molecule is N#C[C@H](c1ccc(Cl)nn1)c1ccccc1Br. The van der Waals surface area contributed by atoms with Crippen molar-refractivity contribution in [2.75, 3.05) is 0 Å². The van der Waals surface area contributed by atoms with Gasteiger partial charge in [0.15, 0.2) is 5.15 Å². The third-order valence-electron chi connectivity index (χ3n) is 2.29. The Balaban J connectivity index is 2.45. The van der Waals surface area contributed by atoms with Gasteiger partial charge in [-0.15, -0.1) is 5.10 Å². The van der Waals surface area contributed by atoms with Crippen LogP contribution < -0.4 is 0 Å². The molecule has 0 N–H and O–H groups in total. The van der Waals surface area contributed by atoms with E-state index >= 15 is 0 Å². The predicted octanol–water partition coefficient (Wildman–Crippen LogP) is 3.55. The molecule has 0 aliphatic rings. The molecule has 0 radical (unpaired) electrons. The summed E-state index contributed by atoms with van der Waals surface area (Å²) in [4.78, 5) is 0. The highest BCUT2D eigenvalue weighted by molar-refractivity contribution is 9.10. The predicted molar refractivity (Wildman–Crippen MR) is 68.6 cm³/mol. The largest absolute Gasteiger partial charge is 0.197 e. The van der Waals surface area contributed by atoms with Crippen LogP contribution in [0.15, 0.2) is 40.9 Å². The molecule has 0 amide bonds. The van der Waals surface area contributed by atoms with Crippen LogP contribution in [0.4, 0.5) is 0 Å². The summed E-state index contributed by atoms with van der Waals surface area (Å²) in [6, 6.07) is 13.1. The molecule has 0 bridgehead atoms. The molecule has 1 heterocycles. The molecule has 0 spiro atoms. The van der Waals surface area contributed by atoms with Gasteiger partial charge in [0.2, 0.25) is 0 Å². The maximum Gasteiger partial charge on any atom is 0.151 e. The summed E-state index contributed by atoms with van der Waals surface area (Å²) in [6.07, 6.45) is 0. The third kappa shape index (κ3) is 2.63. The second-order valence-corrected chi connectivity index (χ2v) is 4.61. The van der Waals surface area contributed by atoms with E-state index in [-0.39, 0.29) is 0 Å². The molecule has 0 aliphatic carbocycles. The minimum Gasteiger partial charge on any atom is -0.197 e. The van der Waals surface area contributed by atoms with Gasteiger partial charge in [-0.3, -0.25) is 0 Å². The lowest BCUT2D eigenvalue weighted by Gasteiger charge is -2.09. The molecule has 2 rings (SSSR count). The van der Waals surface area contributed by atoms with Crippen molar-refractivity contribution in [1.29, 1.82) is 5.26 Å². The van der Waals surface area contributed by atoms with Crippen molar-refractivity contribution in [2.45, 2.75) is 5.92 Å². The van der Waals surface area contributed by atoms with Crippen LogP contribution in [0, 0.1) is 11.3 Å². The molecule has 0 saturated carbocycles. The van der Waals surface area contributed by atoms with Crippen molar-refractivity contribution in [1.82, 2.24) is 10.2 Å². The zero-order valence-corrected chi connectivity index (χ0v) is 11.0. The summed E-state index contributed by atoms with van der Waals surface area (Å²) < 4.78 is 0.878. The van der Waals surface area contributed by atoms with Gasteiger partial charge in [-0.2, -0.15) is 10.4 Å². The molecule has 0 aliphatic heterocycles. The van der Waals surface area contributed by atoms with Gasteiger partial charge >= 0.3 is 0 Å². The van der Waals surface area contributed by atoms with Crippen molar-refractivity contribution in [3.05, 3.63) is 57.3 Å². The van der Waals surface area contributed by atoms with E-state index in [9.17, 15) is 5.26 Å². The van der Waals surface area contributed by atoms with E-state index in [0.717, 1.165) is 10.0 Å². The number of hydrogen-bond acceptors (Lipinski definition) is 3. The number of nitriles is 1. The maximum atomic E-state index is 9.26. The van der Waals surface area contributed by atoms with Crippen molar-refractivity contribution < 1.29 is 0 Å². The van der Waals surface area contributed by atoms with E-state index in [2.05, 4.69) is 32.2 Å². The van der Waals surface area contributed by atoms with Gasteiger partial charge < -0.3 is 0 Å². The number of benzene rings is 1. The fourth-order valence-electron chi connectivity index (χ4n) is 1.48. The van der Waals surface area contributed by atoms with Crippen molar-refractivity contribution in [3.63, 3.8) is 0 Å². The molecule has 1 atom stereocenters. The smallest absolute Gasteiger partial charge is 0.151 e. The first-order valence-electron chi connectivity index (χ1n) is 4.85. The summed E-state index contributed by atoms with van der Waals surface area (Å²) >= 11 is 9.10. The number of nitrogens with zero attached hydrogens (tertiary/aromatic N) is 3. The van der Waals surface area contributed by atoms with Crippen LogP contribution in [-0.4, -0.2) is 10.2 Å². The summed E-state index contributed by atoms with van der Waals surface area (Å²) in [5.74, 6) is -0.449. The van der Waals surface area contributed by atoms with Gasteiger partial charge in [0.25, 0.3) is 0 Å². The van der Waals surface area contributed by atoms with Crippen molar-refractivity contribution in [3.8, 4) is 6.07 Å². The second kappa shape index (κ2) is 5.26. The van der Waals surface area contributed by atoms with Crippen molar-refractivity contribution in [2.24, 2.45) is 0 Å². The minimum absolute atomic E-state index is 0.317. The first-order valence-corrected chi connectivity index (χ1v) is 6.02. The number of hydrogen-bond donors (Lipinski definition) is 0. The Morgan fingerprint density at radius 1 is 1.18 bits per heavy atom. The molecule has 1 aromatic carbocycles. The van der Waals surface area contributed by atoms with Gasteiger partial charge in [-0.1, -0.05) is 45.7 Å².